The lowest BCUT2D eigenvalue weighted by Crippen LogP contribution is -2.41. The summed E-state index contributed by atoms with van der Waals surface area (Å²) in [5, 5.41) is 9.73. The Bertz CT molecular complexity index is 1140. The van der Waals surface area contributed by atoms with Gasteiger partial charge in [0.1, 0.15) is 0 Å². The van der Waals surface area contributed by atoms with Crippen LogP contribution >= 0.6 is 39.1 Å². The molecule has 1 fully saturated rings. The topological polar surface area (TPSA) is 127 Å². The van der Waals surface area contributed by atoms with Crippen LogP contribution < -0.4 is 25.5 Å². The average Bonchev–Trinajstić information content (AvgIpc) is 3.34. The first-order chi connectivity index (χ1) is 17.2. The van der Waals surface area contributed by atoms with E-state index < -0.39 is 17.7 Å². The second-order valence-electron chi connectivity index (χ2n) is 7.57. The van der Waals surface area contributed by atoms with Crippen LogP contribution in [0.25, 0.3) is 0 Å². The summed E-state index contributed by atoms with van der Waals surface area (Å²) < 4.78 is 16.8. The van der Waals surface area contributed by atoms with Crippen LogP contribution in [0.4, 0.5) is 5.69 Å². The maximum absolute atomic E-state index is 12.3. The predicted molar refractivity (Wildman–Crippen MR) is 139 cm³/mol. The van der Waals surface area contributed by atoms with Crippen molar-refractivity contribution in [2.75, 3.05) is 32.2 Å². The summed E-state index contributed by atoms with van der Waals surface area (Å²) in [7, 11) is 1.43. The smallest absolute Gasteiger partial charge is 0.329 e. The Morgan fingerprint density at radius 1 is 1.17 bits per heavy atom. The van der Waals surface area contributed by atoms with Gasteiger partial charge in [-0.3, -0.25) is 14.4 Å². The second kappa shape index (κ2) is 13.4. The Hall–Kier alpha value is -2.86. The van der Waals surface area contributed by atoms with E-state index in [1.165, 1.54) is 13.3 Å². The standard InChI is InChI=1S/C23H23BrCl2N4O6/c1-34-19-6-13(10-28-30-23(33)22(32)27-11-17-3-2-4-35-17)5-18(24)21(19)36-12-20(31)29-16-8-14(25)7-15(26)9-16/h5-10,17H,2-4,11-12H2,1H3,(H,27,32)(H,29,31)(H,30,33)/b28-10-/t17-/m0/s1. The first-order valence-corrected chi connectivity index (χ1v) is 12.3. The number of nitrogens with one attached hydrogen (secondary N) is 3. The molecular formula is C23H23BrCl2N4O6. The fourth-order valence-corrected chi connectivity index (χ4v) is 4.32. The van der Waals surface area contributed by atoms with Gasteiger partial charge in [0.05, 0.1) is 23.9 Å². The molecule has 3 N–H and O–H groups in total. The molecule has 2 aromatic rings. The molecule has 13 heteroatoms. The molecule has 1 heterocycles. The predicted octanol–water partition coefficient (Wildman–Crippen LogP) is 3.53. The normalized spacial score (nSPS) is 14.9. The van der Waals surface area contributed by atoms with E-state index in [1.54, 1.807) is 30.3 Å². The van der Waals surface area contributed by atoms with Gasteiger partial charge in [-0.1, -0.05) is 23.2 Å². The van der Waals surface area contributed by atoms with Gasteiger partial charge in [-0.2, -0.15) is 5.10 Å². The number of methoxy groups -OCH3 is 1. The summed E-state index contributed by atoms with van der Waals surface area (Å²) in [6, 6.07) is 7.89. The Balaban J connectivity index is 1.54. The molecule has 192 valence electrons. The van der Waals surface area contributed by atoms with Crippen molar-refractivity contribution in [2.45, 2.75) is 18.9 Å². The van der Waals surface area contributed by atoms with Crippen molar-refractivity contribution in [3.05, 3.63) is 50.4 Å². The van der Waals surface area contributed by atoms with Gasteiger partial charge in [0, 0.05) is 28.9 Å². The number of ether oxygens (including phenoxy) is 3. The van der Waals surface area contributed by atoms with E-state index in [-0.39, 0.29) is 25.0 Å². The third-order valence-corrected chi connectivity index (χ3v) is 5.87. The van der Waals surface area contributed by atoms with Gasteiger partial charge < -0.3 is 24.8 Å². The van der Waals surface area contributed by atoms with Crippen molar-refractivity contribution in [3.8, 4) is 11.5 Å². The van der Waals surface area contributed by atoms with E-state index in [9.17, 15) is 14.4 Å². The van der Waals surface area contributed by atoms with Gasteiger partial charge >= 0.3 is 11.8 Å². The van der Waals surface area contributed by atoms with Crippen molar-refractivity contribution in [1.29, 1.82) is 0 Å². The summed E-state index contributed by atoms with van der Waals surface area (Å²) in [5.74, 6) is -1.55. The first-order valence-electron chi connectivity index (χ1n) is 10.7. The highest BCUT2D eigenvalue weighted by Gasteiger charge is 2.19. The molecular weight excluding hydrogens is 579 g/mol. The van der Waals surface area contributed by atoms with Crippen LogP contribution in [0.3, 0.4) is 0 Å². The summed E-state index contributed by atoms with van der Waals surface area (Å²) in [4.78, 5) is 36.1. The summed E-state index contributed by atoms with van der Waals surface area (Å²) in [6.07, 6.45) is 3.04. The number of hydrogen-bond acceptors (Lipinski definition) is 7. The number of halogens is 3. The molecule has 3 amide bonds. The molecule has 1 aliphatic heterocycles. The van der Waals surface area contributed by atoms with Crippen molar-refractivity contribution in [1.82, 2.24) is 10.7 Å². The van der Waals surface area contributed by atoms with Crippen LogP contribution in [0.2, 0.25) is 10.0 Å². The van der Waals surface area contributed by atoms with Gasteiger partial charge in [-0.15, -0.1) is 0 Å². The minimum absolute atomic E-state index is 0.0720. The number of hydrogen-bond donors (Lipinski definition) is 3. The minimum Gasteiger partial charge on any atom is -0.493 e. The van der Waals surface area contributed by atoms with Gasteiger partial charge in [-0.05, 0) is 64.7 Å². The van der Waals surface area contributed by atoms with E-state index in [1.807, 2.05) is 0 Å². The van der Waals surface area contributed by atoms with Gasteiger partial charge in [0.15, 0.2) is 18.1 Å². The third-order valence-electron chi connectivity index (χ3n) is 4.85. The monoisotopic (exact) mass is 600 g/mol. The Morgan fingerprint density at radius 3 is 2.58 bits per heavy atom. The number of hydrazone groups is 1. The van der Waals surface area contributed by atoms with Crippen LogP contribution in [0.15, 0.2) is 39.9 Å². The summed E-state index contributed by atoms with van der Waals surface area (Å²) in [5.41, 5.74) is 3.13. The molecule has 0 unspecified atom stereocenters. The van der Waals surface area contributed by atoms with Crippen LogP contribution in [0.1, 0.15) is 18.4 Å². The molecule has 1 atom stereocenters. The molecule has 2 aromatic carbocycles. The zero-order valence-corrected chi connectivity index (χ0v) is 22.2. The van der Waals surface area contributed by atoms with Crippen molar-refractivity contribution in [2.24, 2.45) is 5.10 Å². The van der Waals surface area contributed by atoms with E-state index in [0.717, 1.165) is 12.8 Å². The van der Waals surface area contributed by atoms with Gasteiger partial charge in [-0.25, -0.2) is 5.43 Å². The molecule has 0 radical (unpaired) electrons. The molecule has 0 saturated carbocycles. The van der Waals surface area contributed by atoms with Crippen LogP contribution in [-0.2, 0) is 19.1 Å². The lowest BCUT2D eigenvalue weighted by atomic mass is 10.2. The fourth-order valence-electron chi connectivity index (χ4n) is 3.22. The fraction of sp³-hybridized carbons (Fsp3) is 0.304. The SMILES string of the molecule is COc1cc(/C=N\NC(=O)C(=O)NC[C@@H]2CCCO2)cc(Br)c1OCC(=O)Nc1cc(Cl)cc(Cl)c1. The lowest BCUT2D eigenvalue weighted by Gasteiger charge is -2.13. The first kappa shape index (κ1) is 27.7. The van der Waals surface area contributed by atoms with Crippen molar-refractivity contribution in [3.63, 3.8) is 0 Å². The zero-order chi connectivity index (χ0) is 26.1. The van der Waals surface area contributed by atoms with Crippen LogP contribution in [0.5, 0.6) is 11.5 Å². The number of rotatable bonds is 9. The van der Waals surface area contributed by atoms with E-state index in [4.69, 9.17) is 37.4 Å². The van der Waals surface area contributed by atoms with E-state index in [0.29, 0.717) is 38.1 Å². The Labute approximate surface area is 225 Å². The second-order valence-corrected chi connectivity index (χ2v) is 9.30. The van der Waals surface area contributed by atoms with Crippen molar-refractivity contribution < 1.29 is 28.6 Å². The quantitative estimate of drug-likeness (QED) is 0.229. The molecule has 10 nitrogen and oxygen atoms in total. The lowest BCUT2D eigenvalue weighted by molar-refractivity contribution is -0.139. The number of benzene rings is 2. The molecule has 1 saturated heterocycles. The molecule has 1 aliphatic rings. The highest BCUT2D eigenvalue weighted by atomic mass is 79.9. The summed E-state index contributed by atoms with van der Waals surface area (Å²) in [6.45, 7) is 0.613. The molecule has 36 heavy (non-hydrogen) atoms. The van der Waals surface area contributed by atoms with Gasteiger partial charge in [0.25, 0.3) is 5.91 Å². The van der Waals surface area contributed by atoms with Crippen LogP contribution in [-0.4, -0.2) is 56.9 Å². The molecule has 0 bridgehead atoms. The molecule has 3 rings (SSSR count). The highest BCUT2D eigenvalue weighted by Crippen LogP contribution is 2.36. The van der Waals surface area contributed by atoms with Gasteiger partial charge in [0.2, 0.25) is 0 Å². The minimum atomic E-state index is -0.901. The maximum atomic E-state index is 12.3. The van der Waals surface area contributed by atoms with E-state index >= 15 is 0 Å². The molecule has 0 aliphatic carbocycles. The highest BCUT2D eigenvalue weighted by molar-refractivity contribution is 9.10. The number of carbonyl (C=O) groups is 3. The summed E-state index contributed by atoms with van der Waals surface area (Å²) >= 11 is 15.3. The average molecular weight is 602 g/mol. The Kier molecular flexibility index (Phi) is 10.4. The van der Waals surface area contributed by atoms with Crippen molar-refractivity contribution >= 4 is 68.8 Å². The largest absolute Gasteiger partial charge is 0.493 e. The number of carbonyl (C=O) groups excluding carboxylic acids is 3. The van der Waals surface area contributed by atoms with Crippen LogP contribution in [0, 0.1) is 0 Å². The molecule has 0 aromatic heterocycles. The number of amides is 3. The third kappa shape index (κ3) is 8.37. The maximum Gasteiger partial charge on any atom is 0.329 e. The van der Waals surface area contributed by atoms with E-state index in [2.05, 4.69) is 37.1 Å². The number of nitrogens with zero attached hydrogens (tertiary/aromatic N) is 1. The zero-order valence-electron chi connectivity index (χ0n) is 19.1. The Morgan fingerprint density at radius 2 is 1.92 bits per heavy atom. The number of anilines is 1. The molecule has 0 spiro atoms.